The Balaban J connectivity index is 2.19. The number of hydrogen-bond donors (Lipinski definition) is 1. The lowest BCUT2D eigenvalue weighted by atomic mass is 9.75. The lowest BCUT2D eigenvalue weighted by molar-refractivity contribution is 0.0989. The number of hydrogen-bond acceptors (Lipinski definition) is 2. The van der Waals surface area contributed by atoms with Crippen LogP contribution in [0.5, 0.6) is 0 Å². The zero-order valence-electron chi connectivity index (χ0n) is 9.72. The first kappa shape index (κ1) is 12.0. The lowest BCUT2D eigenvalue weighted by Gasteiger charge is -2.36. The molecule has 0 aromatic rings. The predicted octanol–water partition coefficient (Wildman–Crippen LogP) is 2.71. The van der Waals surface area contributed by atoms with Gasteiger partial charge in [0.25, 0.3) is 0 Å². The summed E-state index contributed by atoms with van der Waals surface area (Å²) in [6.45, 7) is 6.18. The molecule has 0 aliphatic heterocycles. The van der Waals surface area contributed by atoms with Crippen LogP contribution >= 0.6 is 0 Å². The van der Waals surface area contributed by atoms with Gasteiger partial charge in [0.2, 0.25) is 0 Å². The highest BCUT2D eigenvalue weighted by molar-refractivity contribution is 4.89. The van der Waals surface area contributed by atoms with Crippen molar-refractivity contribution in [2.45, 2.75) is 57.9 Å². The maximum absolute atomic E-state index is 6.35. The van der Waals surface area contributed by atoms with Crippen LogP contribution in [0.1, 0.15) is 52.4 Å². The highest BCUT2D eigenvalue weighted by atomic mass is 16.5. The SMILES string of the molecule is CCCOCCC1(N)CCCC(C)C1. The van der Waals surface area contributed by atoms with Gasteiger partial charge < -0.3 is 10.5 Å². The topological polar surface area (TPSA) is 35.2 Å². The van der Waals surface area contributed by atoms with Gasteiger partial charge in [0, 0.05) is 18.8 Å². The second kappa shape index (κ2) is 5.72. The second-order valence-electron chi connectivity index (χ2n) is 4.93. The van der Waals surface area contributed by atoms with E-state index in [4.69, 9.17) is 10.5 Å². The Labute approximate surface area is 88.2 Å². The van der Waals surface area contributed by atoms with Gasteiger partial charge in [-0.3, -0.25) is 0 Å². The number of rotatable bonds is 5. The number of nitrogens with two attached hydrogens (primary N) is 1. The molecule has 0 aromatic carbocycles. The van der Waals surface area contributed by atoms with E-state index < -0.39 is 0 Å². The highest BCUT2D eigenvalue weighted by Gasteiger charge is 2.30. The van der Waals surface area contributed by atoms with Crippen molar-refractivity contribution in [2.24, 2.45) is 11.7 Å². The van der Waals surface area contributed by atoms with E-state index in [0.29, 0.717) is 0 Å². The average Bonchev–Trinajstić information content (AvgIpc) is 2.12. The lowest BCUT2D eigenvalue weighted by Crippen LogP contribution is -2.44. The van der Waals surface area contributed by atoms with E-state index in [1.807, 2.05) is 0 Å². The summed E-state index contributed by atoms with van der Waals surface area (Å²) in [5, 5.41) is 0. The Hall–Kier alpha value is -0.0800. The van der Waals surface area contributed by atoms with E-state index in [9.17, 15) is 0 Å². The van der Waals surface area contributed by atoms with Gasteiger partial charge in [-0.1, -0.05) is 26.7 Å². The third kappa shape index (κ3) is 3.97. The minimum atomic E-state index is 0.0748. The first-order valence-corrected chi connectivity index (χ1v) is 6.03. The molecule has 2 unspecified atom stereocenters. The Morgan fingerprint density at radius 1 is 1.43 bits per heavy atom. The van der Waals surface area contributed by atoms with E-state index in [2.05, 4.69) is 13.8 Å². The van der Waals surface area contributed by atoms with Crippen molar-refractivity contribution in [2.75, 3.05) is 13.2 Å². The van der Waals surface area contributed by atoms with Gasteiger partial charge in [-0.2, -0.15) is 0 Å². The van der Waals surface area contributed by atoms with Gasteiger partial charge in [0.05, 0.1) is 0 Å². The maximum atomic E-state index is 6.35. The summed E-state index contributed by atoms with van der Waals surface area (Å²) in [7, 11) is 0. The van der Waals surface area contributed by atoms with Crippen LogP contribution in [0.2, 0.25) is 0 Å². The normalized spacial score (nSPS) is 33.2. The van der Waals surface area contributed by atoms with E-state index >= 15 is 0 Å². The molecule has 0 amide bonds. The quantitative estimate of drug-likeness (QED) is 0.691. The van der Waals surface area contributed by atoms with Crippen molar-refractivity contribution in [1.29, 1.82) is 0 Å². The third-order valence-electron chi connectivity index (χ3n) is 3.22. The first-order valence-electron chi connectivity index (χ1n) is 6.03. The molecular formula is C12H25NO. The summed E-state index contributed by atoms with van der Waals surface area (Å²) in [4.78, 5) is 0. The minimum Gasteiger partial charge on any atom is -0.381 e. The molecule has 0 aromatic heterocycles. The fourth-order valence-corrected chi connectivity index (χ4v) is 2.45. The van der Waals surface area contributed by atoms with Crippen LogP contribution in [0.15, 0.2) is 0 Å². The molecule has 1 saturated carbocycles. The van der Waals surface area contributed by atoms with Gasteiger partial charge in [-0.15, -0.1) is 0 Å². The molecule has 14 heavy (non-hydrogen) atoms. The Morgan fingerprint density at radius 3 is 2.86 bits per heavy atom. The van der Waals surface area contributed by atoms with Crippen molar-refractivity contribution in [3.8, 4) is 0 Å². The average molecular weight is 199 g/mol. The standard InChI is InChI=1S/C12H25NO/c1-3-8-14-9-7-12(13)6-4-5-11(2)10-12/h11H,3-10,13H2,1-2H3. The van der Waals surface area contributed by atoms with Gasteiger partial charge in [-0.05, 0) is 31.6 Å². The monoisotopic (exact) mass is 199 g/mol. The molecule has 0 spiro atoms. The highest BCUT2D eigenvalue weighted by Crippen LogP contribution is 2.32. The third-order valence-corrected chi connectivity index (χ3v) is 3.22. The van der Waals surface area contributed by atoms with E-state index in [0.717, 1.165) is 32.0 Å². The fourth-order valence-electron chi connectivity index (χ4n) is 2.45. The molecule has 2 heteroatoms. The summed E-state index contributed by atoms with van der Waals surface area (Å²) in [5.74, 6) is 0.805. The molecule has 1 rings (SSSR count). The van der Waals surface area contributed by atoms with Gasteiger partial charge in [0.15, 0.2) is 0 Å². The Morgan fingerprint density at radius 2 is 2.21 bits per heavy atom. The van der Waals surface area contributed by atoms with Crippen molar-refractivity contribution >= 4 is 0 Å². The molecule has 0 saturated heterocycles. The number of ether oxygens (including phenoxy) is 1. The zero-order valence-corrected chi connectivity index (χ0v) is 9.72. The molecule has 2 atom stereocenters. The summed E-state index contributed by atoms with van der Waals surface area (Å²) >= 11 is 0. The van der Waals surface area contributed by atoms with Crippen LogP contribution in [0.3, 0.4) is 0 Å². The molecular weight excluding hydrogens is 174 g/mol. The fraction of sp³-hybridized carbons (Fsp3) is 1.00. The van der Waals surface area contributed by atoms with Crippen molar-refractivity contribution in [1.82, 2.24) is 0 Å². The molecule has 1 aliphatic rings. The largest absolute Gasteiger partial charge is 0.381 e. The van der Waals surface area contributed by atoms with Crippen LogP contribution < -0.4 is 5.73 Å². The van der Waals surface area contributed by atoms with E-state index in [1.165, 1.54) is 25.7 Å². The summed E-state index contributed by atoms with van der Waals surface area (Å²) in [6, 6.07) is 0. The smallest absolute Gasteiger partial charge is 0.0483 e. The molecule has 1 fully saturated rings. The summed E-state index contributed by atoms with van der Waals surface area (Å²) in [6.07, 6.45) is 7.17. The van der Waals surface area contributed by atoms with E-state index in [1.54, 1.807) is 0 Å². The van der Waals surface area contributed by atoms with Crippen molar-refractivity contribution in [3.05, 3.63) is 0 Å². The second-order valence-corrected chi connectivity index (χ2v) is 4.93. The van der Waals surface area contributed by atoms with Gasteiger partial charge >= 0.3 is 0 Å². The first-order chi connectivity index (χ1) is 6.66. The van der Waals surface area contributed by atoms with Crippen LogP contribution in [0, 0.1) is 5.92 Å². The summed E-state index contributed by atoms with van der Waals surface area (Å²) in [5.41, 5.74) is 6.43. The molecule has 0 radical (unpaired) electrons. The van der Waals surface area contributed by atoms with Crippen LogP contribution in [0.4, 0.5) is 0 Å². The van der Waals surface area contributed by atoms with E-state index in [-0.39, 0.29) is 5.54 Å². The molecule has 84 valence electrons. The zero-order chi connectivity index (χ0) is 10.4. The van der Waals surface area contributed by atoms with Crippen LogP contribution in [0.25, 0.3) is 0 Å². The van der Waals surface area contributed by atoms with Gasteiger partial charge in [0.1, 0.15) is 0 Å². The van der Waals surface area contributed by atoms with Crippen LogP contribution in [-0.2, 0) is 4.74 Å². The predicted molar refractivity (Wildman–Crippen MR) is 60.3 cm³/mol. The van der Waals surface area contributed by atoms with Crippen molar-refractivity contribution < 1.29 is 4.74 Å². The molecule has 0 bridgehead atoms. The minimum absolute atomic E-state index is 0.0748. The van der Waals surface area contributed by atoms with Crippen LogP contribution in [-0.4, -0.2) is 18.8 Å². The molecule has 2 N–H and O–H groups in total. The molecule has 0 heterocycles. The maximum Gasteiger partial charge on any atom is 0.0483 e. The summed E-state index contributed by atoms with van der Waals surface area (Å²) < 4.78 is 5.51. The Bertz CT molecular complexity index is 160. The molecule has 2 nitrogen and oxygen atoms in total. The van der Waals surface area contributed by atoms with Gasteiger partial charge in [-0.25, -0.2) is 0 Å². The van der Waals surface area contributed by atoms with Crippen molar-refractivity contribution in [3.63, 3.8) is 0 Å². The molecule has 1 aliphatic carbocycles. The Kier molecular flexibility index (Phi) is 4.90.